The molecule has 0 aliphatic carbocycles. The van der Waals surface area contributed by atoms with Crippen LogP contribution in [-0.4, -0.2) is 51.1 Å². The second kappa shape index (κ2) is 9.32. The van der Waals surface area contributed by atoms with Gasteiger partial charge >= 0.3 is 0 Å². The predicted molar refractivity (Wildman–Crippen MR) is 108 cm³/mol. The summed E-state index contributed by atoms with van der Waals surface area (Å²) in [6, 6.07) is 10.1. The Morgan fingerprint density at radius 2 is 2.13 bits per heavy atom. The largest absolute Gasteiger partial charge is 0.389 e. The molecule has 9 heteroatoms. The summed E-state index contributed by atoms with van der Waals surface area (Å²) < 4.78 is 33.9. The van der Waals surface area contributed by atoms with E-state index in [-0.39, 0.29) is 24.3 Å². The number of pyridine rings is 1. The predicted octanol–water partition coefficient (Wildman–Crippen LogP) is 2.68. The highest BCUT2D eigenvalue weighted by molar-refractivity contribution is 5.92. The Kier molecular flexibility index (Phi) is 6.34. The number of alkyl halides is 2. The molecule has 1 aliphatic heterocycles. The number of carbonyl (C=O) groups excluding carboxylic acids is 1. The number of rotatable bonds is 6. The smallest absolute Gasteiger partial charge is 0.270 e. The Bertz CT molecular complexity index is 1030. The van der Waals surface area contributed by atoms with E-state index in [1.54, 1.807) is 10.9 Å². The number of halogens is 2. The van der Waals surface area contributed by atoms with Crippen molar-refractivity contribution < 1.29 is 23.4 Å². The molecule has 3 aromatic rings. The van der Waals surface area contributed by atoms with Crippen LogP contribution in [0.15, 0.2) is 55.0 Å². The van der Waals surface area contributed by atoms with Crippen LogP contribution in [0.5, 0.6) is 0 Å². The van der Waals surface area contributed by atoms with Crippen LogP contribution in [0.1, 0.15) is 40.0 Å². The number of amides is 1. The van der Waals surface area contributed by atoms with Gasteiger partial charge in [0, 0.05) is 30.8 Å². The Hall–Kier alpha value is -3.17. The molecule has 0 radical (unpaired) electrons. The van der Waals surface area contributed by atoms with Crippen molar-refractivity contribution in [3.05, 3.63) is 77.4 Å². The molecule has 2 atom stereocenters. The van der Waals surface area contributed by atoms with E-state index in [2.05, 4.69) is 15.4 Å². The summed E-state index contributed by atoms with van der Waals surface area (Å²) in [5.41, 5.74) is 1.82. The van der Waals surface area contributed by atoms with E-state index in [1.165, 1.54) is 6.07 Å². The van der Waals surface area contributed by atoms with Crippen molar-refractivity contribution in [2.24, 2.45) is 0 Å². The van der Waals surface area contributed by atoms with Gasteiger partial charge in [0.2, 0.25) is 0 Å². The number of aromatic nitrogens is 3. The zero-order valence-corrected chi connectivity index (χ0v) is 16.6. The Balaban J connectivity index is 1.53. The standard InChI is InChI=1S/C22H22F2N4O3/c23-21(24)17-12-25-19(22(30)27-18-6-9-31-13-20(18)29)11-15(17)10-14-2-4-16(5-3-14)28-8-1-7-26-28/h1-5,7-8,11-12,18,20-21,29H,6,9-10,13H2,(H,27,30)/t18-,20-/m0/s1. The van der Waals surface area contributed by atoms with Gasteiger partial charge in [0.15, 0.2) is 0 Å². The number of aliphatic hydroxyl groups is 1. The maximum Gasteiger partial charge on any atom is 0.270 e. The highest BCUT2D eigenvalue weighted by Gasteiger charge is 2.26. The zero-order valence-electron chi connectivity index (χ0n) is 16.6. The van der Waals surface area contributed by atoms with Gasteiger partial charge in [-0.25, -0.2) is 13.5 Å². The van der Waals surface area contributed by atoms with E-state index < -0.39 is 24.5 Å². The van der Waals surface area contributed by atoms with Gasteiger partial charge in [-0.2, -0.15) is 5.10 Å². The molecule has 1 amide bonds. The summed E-state index contributed by atoms with van der Waals surface area (Å²) in [5, 5.41) is 16.8. The highest BCUT2D eigenvalue weighted by atomic mass is 19.3. The summed E-state index contributed by atoms with van der Waals surface area (Å²) in [6.45, 7) is 0.571. The van der Waals surface area contributed by atoms with E-state index in [1.807, 2.05) is 36.5 Å². The molecule has 7 nitrogen and oxygen atoms in total. The fourth-order valence-corrected chi connectivity index (χ4v) is 3.52. The summed E-state index contributed by atoms with van der Waals surface area (Å²) in [6.07, 6.45) is 1.71. The van der Waals surface area contributed by atoms with E-state index in [0.29, 0.717) is 18.6 Å². The molecular formula is C22H22F2N4O3. The van der Waals surface area contributed by atoms with Crippen LogP contribution in [-0.2, 0) is 11.2 Å². The van der Waals surface area contributed by atoms with Crippen molar-refractivity contribution in [3.8, 4) is 5.69 Å². The van der Waals surface area contributed by atoms with Gasteiger partial charge in [-0.05, 0) is 48.2 Å². The van der Waals surface area contributed by atoms with Crippen molar-refractivity contribution in [1.29, 1.82) is 0 Å². The second-order valence-corrected chi connectivity index (χ2v) is 7.37. The van der Waals surface area contributed by atoms with Crippen LogP contribution in [0.2, 0.25) is 0 Å². The number of hydrogen-bond acceptors (Lipinski definition) is 5. The molecule has 0 unspecified atom stereocenters. The van der Waals surface area contributed by atoms with Crippen molar-refractivity contribution in [1.82, 2.24) is 20.1 Å². The van der Waals surface area contributed by atoms with Gasteiger partial charge in [0.05, 0.1) is 24.4 Å². The summed E-state index contributed by atoms with van der Waals surface area (Å²) in [7, 11) is 0. The molecule has 162 valence electrons. The molecule has 4 rings (SSSR count). The first-order valence-electron chi connectivity index (χ1n) is 9.94. The molecule has 1 saturated heterocycles. The van der Waals surface area contributed by atoms with Crippen LogP contribution in [0.25, 0.3) is 5.69 Å². The monoisotopic (exact) mass is 428 g/mol. The molecular weight excluding hydrogens is 406 g/mol. The molecule has 3 heterocycles. The molecule has 1 aromatic carbocycles. The van der Waals surface area contributed by atoms with Crippen LogP contribution in [0.3, 0.4) is 0 Å². The number of benzene rings is 1. The van der Waals surface area contributed by atoms with Gasteiger partial charge in [-0.1, -0.05) is 12.1 Å². The lowest BCUT2D eigenvalue weighted by molar-refractivity contribution is -0.0261. The first kappa shape index (κ1) is 21.1. The topological polar surface area (TPSA) is 89.3 Å². The van der Waals surface area contributed by atoms with Gasteiger partial charge in [0.25, 0.3) is 12.3 Å². The number of carbonyl (C=O) groups is 1. The van der Waals surface area contributed by atoms with Crippen molar-refractivity contribution in [3.63, 3.8) is 0 Å². The number of aliphatic hydroxyl groups excluding tert-OH is 1. The van der Waals surface area contributed by atoms with Crippen LogP contribution >= 0.6 is 0 Å². The van der Waals surface area contributed by atoms with Crippen LogP contribution < -0.4 is 5.32 Å². The molecule has 2 N–H and O–H groups in total. The minimum absolute atomic E-state index is 0.0336. The molecule has 0 spiro atoms. The first-order chi connectivity index (χ1) is 15.0. The van der Waals surface area contributed by atoms with Crippen LogP contribution in [0, 0.1) is 0 Å². The fraction of sp³-hybridized carbons (Fsp3) is 0.318. The maximum atomic E-state index is 13.5. The van der Waals surface area contributed by atoms with E-state index in [4.69, 9.17) is 4.74 Å². The lowest BCUT2D eigenvalue weighted by Crippen LogP contribution is -2.48. The lowest BCUT2D eigenvalue weighted by Gasteiger charge is -2.28. The van der Waals surface area contributed by atoms with Gasteiger partial charge in [-0.3, -0.25) is 9.78 Å². The van der Waals surface area contributed by atoms with E-state index in [9.17, 15) is 18.7 Å². The van der Waals surface area contributed by atoms with Gasteiger partial charge < -0.3 is 15.2 Å². The average Bonchev–Trinajstić information content (AvgIpc) is 3.30. The average molecular weight is 428 g/mol. The van der Waals surface area contributed by atoms with Crippen molar-refractivity contribution in [2.45, 2.75) is 31.4 Å². The lowest BCUT2D eigenvalue weighted by atomic mass is 10.00. The quantitative estimate of drug-likeness (QED) is 0.630. The normalized spacial score (nSPS) is 18.8. The minimum Gasteiger partial charge on any atom is -0.389 e. The number of nitrogens with one attached hydrogen (secondary N) is 1. The van der Waals surface area contributed by atoms with Gasteiger partial charge in [-0.15, -0.1) is 0 Å². The van der Waals surface area contributed by atoms with E-state index >= 15 is 0 Å². The zero-order chi connectivity index (χ0) is 21.8. The molecule has 2 aromatic heterocycles. The number of nitrogens with zero attached hydrogens (tertiary/aromatic N) is 3. The highest BCUT2D eigenvalue weighted by Crippen LogP contribution is 2.25. The Morgan fingerprint density at radius 1 is 1.32 bits per heavy atom. The third-order valence-electron chi connectivity index (χ3n) is 5.23. The third-order valence-corrected chi connectivity index (χ3v) is 5.23. The first-order valence-corrected chi connectivity index (χ1v) is 9.94. The van der Waals surface area contributed by atoms with Gasteiger partial charge in [0.1, 0.15) is 5.69 Å². The molecule has 1 fully saturated rings. The van der Waals surface area contributed by atoms with Crippen LogP contribution in [0.4, 0.5) is 8.78 Å². The minimum atomic E-state index is -2.71. The SMILES string of the molecule is O=C(N[C@H]1CCOC[C@@H]1O)c1cc(Cc2ccc(-n3cccn3)cc2)c(C(F)F)cn1. The van der Waals surface area contributed by atoms with E-state index in [0.717, 1.165) is 17.4 Å². The second-order valence-electron chi connectivity index (χ2n) is 7.37. The summed E-state index contributed by atoms with van der Waals surface area (Å²) in [5.74, 6) is -0.512. The van der Waals surface area contributed by atoms with Crippen molar-refractivity contribution in [2.75, 3.05) is 13.2 Å². The Morgan fingerprint density at radius 3 is 2.81 bits per heavy atom. The van der Waals surface area contributed by atoms with Crippen molar-refractivity contribution >= 4 is 5.91 Å². The fourth-order valence-electron chi connectivity index (χ4n) is 3.52. The summed E-state index contributed by atoms with van der Waals surface area (Å²) >= 11 is 0. The molecule has 1 aliphatic rings. The molecule has 0 saturated carbocycles. The molecule has 0 bridgehead atoms. The third kappa shape index (κ3) is 4.95. The number of hydrogen-bond donors (Lipinski definition) is 2. The Labute approximate surface area is 177 Å². The number of ether oxygens (including phenoxy) is 1. The molecule has 31 heavy (non-hydrogen) atoms. The summed E-state index contributed by atoms with van der Waals surface area (Å²) in [4.78, 5) is 16.5. The maximum absolute atomic E-state index is 13.5.